The van der Waals surface area contributed by atoms with Crippen LogP contribution in [-0.4, -0.2) is 54.3 Å². The van der Waals surface area contributed by atoms with Gasteiger partial charge in [-0.15, -0.1) is 0 Å². The lowest BCUT2D eigenvalue weighted by Crippen LogP contribution is -2.54. The third-order valence-corrected chi connectivity index (χ3v) is 6.03. The van der Waals surface area contributed by atoms with Crippen LogP contribution in [0.15, 0.2) is 72.8 Å². The van der Waals surface area contributed by atoms with E-state index in [1.165, 1.54) is 0 Å². The van der Waals surface area contributed by atoms with E-state index in [0.29, 0.717) is 6.54 Å². The highest BCUT2D eigenvalue weighted by atomic mass is 16.2. The van der Waals surface area contributed by atoms with E-state index in [1.54, 1.807) is 6.92 Å². The van der Waals surface area contributed by atoms with Gasteiger partial charge in [0, 0.05) is 19.6 Å². The van der Waals surface area contributed by atoms with Gasteiger partial charge in [-0.2, -0.15) is 0 Å². The molecule has 0 radical (unpaired) electrons. The molecule has 1 aliphatic heterocycles. The minimum Gasteiger partial charge on any atom is -0.344 e. The van der Waals surface area contributed by atoms with Crippen molar-refractivity contribution in [2.45, 2.75) is 25.4 Å². The SMILES string of the molecule is CC(NC(=O)Cc1cccc2ccccc12)C(=O)N1CCN(C)CC1c1ccccc1. The number of nitrogens with one attached hydrogen (secondary N) is 1. The Morgan fingerprint density at radius 3 is 2.48 bits per heavy atom. The molecule has 1 N–H and O–H groups in total. The van der Waals surface area contributed by atoms with E-state index in [1.807, 2.05) is 65.6 Å². The second-order valence-corrected chi connectivity index (χ2v) is 8.32. The van der Waals surface area contributed by atoms with Crippen LogP contribution in [-0.2, 0) is 16.0 Å². The molecule has 3 aromatic rings. The predicted molar refractivity (Wildman–Crippen MR) is 124 cm³/mol. The standard InChI is InChI=1S/C26H29N3O2/c1-19(27-25(30)17-22-13-8-12-20-9-6-7-14-23(20)22)26(31)29-16-15-28(2)18-24(29)21-10-4-3-5-11-21/h3-14,19,24H,15-18H2,1-2H3,(H,27,30). The molecule has 5 nitrogen and oxygen atoms in total. The summed E-state index contributed by atoms with van der Waals surface area (Å²) in [6.45, 7) is 4.04. The van der Waals surface area contributed by atoms with Crippen molar-refractivity contribution < 1.29 is 9.59 Å². The summed E-state index contributed by atoms with van der Waals surface area (Å²) < 4.78 is 0. The first-order valence-electron chi connectivity index (χ1n) is 10.8. The quantitative estimate of drug-likeness (QED) is 0.695. The Labute approximate surface area is 183 Å². The van der Waals surface area contributed by atoms with Gasteiger partial charge >= 0.3 is 0 Å². The van der Waals surface area contributed by atoms with Crippen molar-refractivity contribution >= 4 is 22.6 Å². The Balaban J connectivity index is 1.45. The van der Waals surface area contributed by atoms with Gasteiger partial charge in [0.1, 0.15) is 6.04 Å². The van der Waals surface area contributed by atoms with Crippen LogP contribution in [0.3, 0.4) is 0 Å². The molecule has 1 aliphatic rings. The van der Waals surface area contributed by atoms with E-state index in [4.69, 9.17) is 0 Å². The predicted octanol–water partition coefficient (Wildman–Crippen LogP) is 3.40. The molecule has 1 fully saturated rings. The number of fused-ring (bicyclic) bond motifs is 1. The van der Waals surface area contributed by atoms with Crippen molar-refractivity contribution in [1.82, 2.24) is 15.1 Å². The van der Waals surface area contributed by atoms with E-state index in [2.05, 4.69) is 29.4 Å². The number of carbonyl (C=O) groups excluding carboxylic acids is 2. The number of hydrogen-bond donors (Lipinski definition) is 1. The molecule has 0 bridgehead atoms. The van der Waals surface area contributed by atoms with Gasteiger partial charge in [-0.25, -0.2) is 0 Å². The summed E-state index contributed by atoms with van der Waals surface area (Å²) >= 11 is 0. The second kappa shape index (κ2) is 9.31. The molecule has 0 aliphatic carbocycles. The summed E-state index contributed by atoms with van der Waals surface area (Å²) in [7, 11) is 2.08. The molecule has 31 heavy (non-hydrogen) atoms. The van der Waals surface area contributed by atoms with Crippen LogP contribution >= 0.6 is 0 Å². The molecule has 1 heterocycles. The van der Waals surface area contributed by atoms with E-state index >= 15 is 0 Å². The number of hydrogen-bond acceptors (Lipinski definition) is 3. The number of nitrogens with zero attached hydrogens (tertiary/aromatic N) is 2. The Morgan fingerprint density at radius 2 is 1.68 bits per heavy atom. The molecule has 3 aromatic carbocycles. The lowest BCUT2D eigenvalue weighted by Gasteiger charge is -2.41. The van der Waals surface area contributed by atoms with Gasteiger partial charge in [0.2, 0.25) is 11.8 Å². The lowest BCUT2D eigenvalue weighted by atomic mass is 10.0. The minimum atomic E-state index is -0.572. The van der Waals surface area contributed by atoms with Crippen molar-refractivity contribution in [3.63, 3.8) is 0 Å². The Morgan fingerprint density at radius 1 is 0.968 bits per heavy atom. The zero-order valence-electron chi connectivity index (χ0n) is 18.1. The zero-order chi connectivity index (χ0) is 21.8. The average Bonchev–Trinajstić information content (AvgIpc) is 2.79. The number of carbonyl (C=O) groups is 2. The Kier molecular flexibility index (Phi) is 6.33. The van der Waals surface area contributed by atoms with Gasteiger partial charge in [0.15, 0.2) is 0 Å². The zero-order valence-corrected chi connectivity index (χ0v) is 18.1. The maximum Gasteiger partial charge on any atom is 0.245 e. The third kappa shape index (κ3) is 4.78. The Hall–Kier alpha value is -3.18. The average molecular weight is 416 g/mol. The van der Waals surface area contributed by atoms with Gasteiger partial charge in [-0.1, -0.05) is 72.8 Å². The molecule has 0 spiro atoms. The first-order chi connectivity index (χ1) is 15.0. The smallest absolute Gasteiger partial charge is 0.245 e. The van der Waals surface area contributed by atoms with Gasteiger partial charge < -0.3 is 15.1 Å². The highest BCUT2D eigenvalue weighted by Crippen LogP contribution is 2.25. The summed E-state index contributed by atoms with van der Waals surface area (Å²) in [5.41, 5.74) is 2.09. The molecule has 2 amide bonds. The van der Waals surface area contributed by atoms with Crippen LogP contribution in [0.2, 0.25) is 0 Å². The van der Waals surface area contributed by atoms with E-state index < -0.39 is 6.04 Å². The molecular weight excluding hydrogens is 386 g/mol. The first-order valence-corrected chi connectivity index (χ1v) is 10.8. The number of rotatable bonds is 5. The fourth-order valence-corrected chi connectivity index (χ4v) is 4.37. The molecule has 1 saturated heterocycles. The molecular formula is C26H29N3O2. The molecule has 160 valence electrons. The summed E-state index contributed by atoms with van der Waals surface area (Å²) in [6, 6.07) is 23.6. The van der Waals surface area contributed by atoms with Crippen LogP contribution < -0.4 is 5.32 Å². The van der Waals surface area contributed by atoms with Crippen molar-refractivity contribution in [3.05, 3.63) is 83.9 Å². The molecule has 0 aromatic heterocycles. The first kappa shape index (κ1) is 21.1. The van der Waals surface area contributed by atoms with E-state index in [-0.39, 0.29) is 24.3 Å². The maximum absolute atomic E-state index is 13.3. The van der Waals surface area contributed by atoms with E-state index in [9.17, 15) is 9.59 Å². The molecule has 4 rings (SSSR count). The van der Waals surface area contributed by atoms with Crippen LogP contribution in [0.25, 0.3) is 10.8 Å². The van der Waals surface area contributed by atoms with E-state index in [0.717, 1.165) is 35.0 Å². The summed E-state index contributed by atoms with van der Waals surface area (Å²) in [4.78, 5) is 30.2. The van der Waals surface area contributed by atoms with Crippen LogP contribution in [0.1, 0.15) is 24.1 Å². The number of piperazine rings is 1. The van der Waals surface area contributed by atoms with Gasteiger partial charge in [-0.3, -0.25) is 9.59 Å². The summed E-state index contributed by atoms with van der Waals surface area (Å²) in [5, 5.41) is 5.11. The fourth-order valence-electron chi connectivity index (χ4n) is 4.37. The number of amides is 2. The van der Waals surface area contributed by atoms with Crippen molar-refractivity contribution in [3.8, 4) is 0 Å². The van der Waals surface area contributed by atoms with Gasteiger partial charge in [-0.05, 0) is 35.9 Å². The van der Waals surface area contributed by atoms with Crippen molar-refractivity contribution in [1.29, 1.82) is 0 Å². The molecule has 2 unspecified atom stereocenters. The minimum absolute atomic E-state index is 0.00938. The van der Waals surface area contributed by atoms with Crippen LogP contribution in [0.5, 0.6) is 0 Å². The topological polar surface area (TPSA) is 52.7 Å². The molecule has 2 atom stereocenters. The monoisotopic (exact) mass is 415 g/mol. The highest BCUT2D eigenvalue weighted by Gasteiger charge is 2.33. The van der Waals surface area contributed by atoms with Crippen LogP contribution in [0.4, 0.5) is 0 Å². The number of benzene rings is 3. The van der Waals surface area contributed by atoms with Gasteiger partial charge in [0.25, 0.3) is 0 Å². The normalized spacial score (nSPS) is 18.0. The Bertz CT molecular complexity index is 1060. The van der Waals surface area contributed by atoms with Crippen molar-refractivity contribution in [2.75, 3.05) is 26.7 Å². The lowest BCUT2D eigenvalue weighted by molar-refractivity contribution is -0.140. The molecule has 5 heteroatoms. The largest absolute Gasteiger partial charge is 0.344 e. The third-order valence-electron chi connectivity index (χ3n) is 6.03. The second-order valence-electron chi connectivity index (χ2n) is 8.32. The van der Waals surface area contributed by atoms with Crippen molar-refractivity contribution in [2.24, 2.45) is 0 Å². The van der Waals surface area contributed by atoms with Crippen LogP contribution in [0, 0.1) is 0 Å². The maximum atomic E-state index is 13.3. The highest BCUT2D eigenvalue weighted by molar-refractivity contribution is 5.92. The molecule has 0 saturated carbocycles. The summed E-state index contributed by atoms with van der Waals surface area (Å²) in [5.74, 6) is -0.171. The summed E-state index contributed by atoms with van der Waals surface area (Å²) in [6.07, 6.45) is 0.254. The van der Waals surface area contributed by atoms with Gasteiger partial charge in [0.05, 0.1) is 12.5 Å². The fraction of sp³-hybridized carbons (Fsp3) is 0.308. The number of likely N-dealkylation sites (N-methyl/N-ethyl adjacent to an activating group) is 1.